The second kappa shape index (κ2) is 6.28. The molecule has 1 aromatic carbocycles. The summed E-state index contributed by atoms with van der Waals surface area (Å²) in [5.41, 5.74) is 11.4. The number of likely N-dealkylation sites (tertiary alicyclic amines) is 1. The largest absolute Gasteiger partial charge is 0.369 e. The van der Waals surface area contributed by atoms with Gasteiger partial charge < -0.3 is 16.4 Å². The number of carbonyl (C=O) groups excluding carboxylic acids is 1. The van der Waals surface area contributed by atoms with Gasteiger partial charge in [-0.3, -0.25) is 4.79 Å². The molecular weight excluding hydrogens is 264 g/mol. The third-order valence-electron chi connectivity index (χ3n) is 3.72. The molecule has 0 spiro atoms. The third-order valence-corrected chi connectivity index (χ3v) is 3.72. The van der Waals surface area contributed by atoms with E-state index in [1.165, 1.54) is 0 Å². The van der Waals surface area contributed by atoms with Crippen LogP contribution in [-0.2, 0) is 4.79 Å². The van der Waals surface area contributed by atoms with Crippen molar-refractivity contribution in [2.24, 2.45) is 17.4 Å². The maximum atomic E-state index is 13.6. The maximum Gasteiger partial charge on any atom is 0.221 e. The molecule has 1 saturated heterocycles. The molecule has 1 aromatic rings. The van der Waals surface area contributed by atoms with Crippen molar-refractivity contribution in [3.63, 3.8) is 0 Å². The molecule has 1 aliphatic heterocycles. The molecular formula is C14H19F2N3O. The Balaban J connectivity index is 2.02. The Kier molecular flexibility index (Phi) is 4.67. The number of hydrogen-bond acceptors (Lipinski definition) is 3. The van der Waals surface area contributed by atoms with Gasteiger partial charge in [0.05, 0.1) is 5.92 Å². The lowest BCUT2D eigenvalue weighted by atomic mass is 9.96. The SMILES string of the molecule is NC(=O)C1CCCN(CC(N)c2cc(F)ccc2F)C1. The van der Waals surface area contributed by atoms with Crippen LogP contribution in [0.5, 0.6) is 0 Å². The predicted octanol–water partition coefficient (Wildman–Crippen LogP) is 1.16. The molecule has 1 aliphatic rings. The first-order valence-electron chi connectivity index (χ1n) is 6.69. The van der Waals surface area contributed by atoms with Gasteiger partial charge in [0.1, 0.15) is 11.6 Å². The molecule has 0 saturated carbocycles. The monoisotopic (exact) mass is 283 g/mol. The minimum absolute atomic E-state index is 0.159. The van der Waals surface area contributed by atoms with Gasteiger partial charge in [-0.1, -0.05) is 0 Å². The van der Waals surface area contributed by atoms with Gasteiger partial charge in [-0.05, 0) is 37.6 Å². The molecule has 110 valence electrons. The number of carbonyl (C=O) groups is 1. The molecule has 2 unspecified atom stereocenters. The van der Waals surface area contributed by atoms with E-state index in [4.69, 9.17) is 11.5 Å². The van der Waals surface area contributed by atoms with E-state index in [9.17, 15) is 13.6 Å². The van der Waals surface area contributed by atoms with Crippen LogP contribution in [0.15, 0.2) is 18.2 Å². The second-order valence-corrected chi connectivity index (χ2v) is 5.27. The molecule has 4 nitrogen and oxygen atoms in total. The van der Waals surface area contributed by atoms with E-state index in [-0.39, 0.29) is 17.4 Å². The van der Waals surface area contributed by atoms with Crippen LogP contribution >= 0.6 is 0 Å². The quantitative estimate of drug-likeness (QED) is 0.871. The van der Waals surface area contributed by atoms with Crippen LogP contribution in [0, 0.1) is 17.6 Å². The molecule has 2 atom stereocenters. The summed E-state index contributed by atoms with van der Waals surface area (Å²) in [4.78, 5) is 13.2. The summed E-state index contributed by atoms with van der Waals surface area (Å²) in [5.74, 6) is -1.53. The van der Waals surface area contributed by atoms with Crippen LogP contribution in [-0.4, -0.2) is 30.4 Å². The highest BCUT2D eigenvalue weighted by Crippen LogP contribution is 2.21. The smallest absolute Gasteiger partial charge is 0.221 e. The van der Waals surface area contributed by atoms with Gasteiger partial charge in [0, 0.05) is 24.7 Å². The van der Waals surface area contributed by atoms with E-state index in [1.54, 1.807) is 0 Å². The fourth-order valence-electron chi connectivity index (χ4n) is 2.63. The van der Waals surface area contributed by atoms with Gasteiger partial charge in [0.25, 0.3) is 0 Å². The Bertz CT molecular complexity index is 495. The first-order chi connectivity index (χ1) is 9.47. The standard InChI is InChI=1S/C14H19F2N3O/c15-10-3-4-12(16)11(6-10)13(17)8-19-5-1-2-9(7-19)14(18)20/h3-4,6,9,13H,1-2,5,7-8,17H2,(H2,18,20). The minimum atomic E-state index is -0.627. The predicted molar refractivity (Wildman–Crippen MR) is 71.6 cm³/mol. The number of nitrogens with two attached hydrogens (primary N) is 2. The van der Waals surface area contributed by atoms with Crippen LogP contribution < -0.4 is 11.5 Å². The van der Waals surface area contributed by atoms with Crippen LogP contribution in [0.4, 0.5) is 8.78 Å². The van der Waals surface area contributed by atoms with Gasteiger partial charge in [0.15, 0.2) is 0 Å². The van der Waals surface area contributed by atoms with Crippen molar-refractivity contribution in [2.45, 2.75) is 18.9 Å². The van der Waals surface area contributed by atoms with Crippen LogP contribution in [0.25, 0.3) is 0 Å². The number of amides is 1. The Hall–Kier alpha value is -1.53. The van der Waals surface area contributed by atoms with Crippen molar-refractivity contribution in [1.82, 2.24) is 4.90 Å². The Morgan fingerprint density at radius 2 is 2.20 bits per heavy atom. The average molecular weight is 283 g/mol. The highest BCUT2D eigenvalue weighted by atomic mass is 19.1. The summed E-state index contributed by atoms with van der Waals surface area (Å²) in [6, 6.07) is 2.63. The molecule has 6 heteroatoms. The highest BCUT2D eigenvalue weighted by Gasteiger charge is 2.25. The normalized spacial score (nSPS) is 21.6. The van der Waals surface area contributed by atoms with Crippen LogP contribution in [0.2, 0.25) is 0 Å². The lowest BCUT2D eigenvalue weighted by molar-refractivity contribution is -0.123. The first-order valence-corrected chi connectivity index (χ1v) is 6.69. The van der Waals surface area contributed by atoms with Crippen LogP contribution in [0.1, 0.15) is 24.4 Å². The van der Waals surface area contributed by atoms with Gasteiger partial charge in [-0.15, -0.1) is 0 Å². The fourth-order valence-corrected chi connectivity index (χ4v) is 2.63. The molecule has 1 fully saturated rings. The Labute approximate surface area is 116 Å². The number of nitrogens with zero attached hydrogens (tertiary/aromatic N) is 1. The zero-order chi connectivity index (χ0) is 14.7. The van der Waals surface area contributed by atoms with Gasteiger partial charge in [0.2, 0.25) is 5.91 Å². The van der Waals surface area contributed by atoms with Crippen molar-refractivity contribution in [3.05, 3.63) is 35.4 Å². The van der Waals surface area contributed by atoms with Crippen molar-refractivity contribution < 1.29 is 13.6 Å². The fraction of sp³-hybridized carbons (Fsp3) is 0.500. The minimum Gasteiger partial charge on any atom is -0.369 e. The van der Waals surface area contributed by atoms with E-state index < -0.39 is 17.7 Å². The lowest BCUT2D eigenvalue weighted by Gasteiger charge is -2.33. The average Bonchev–Trinajstić information content (AvgIpc) is 2.41. The number of hydrogen-bond donors (Lipinski definition) is 2. The van der Waals surface area contributed by atoms with Crippen molar-refractivity contribution in [2.75, 3.05) is 19.6 Å². The number of benzene rings is 1. The van der Waals surface area contributed by atoms with E-state index in [2.05, 4.69) is 0 Å². The lowest BCUT2D eigenvalue weighted by Crippen LogP contribution is -2.43. The number of rotatable bonds is 4. The topological polar surface area (TPSA) is 72.4 Å². The molecule has 0 aliphatic carbocycles. The summed E-state index contributed by atoms with van der Waals surface area (Å²) in [6.07, 6.45) is 1.63. The number of primary amides is 1. The molecule has 20 heavy (non-hydrogen) atoms. The van der Waals surface area contributed by atoms with Crippen molar-refractivity contribution >= 4 is 5.91 Å². The summed E-state index contributed by atoms with van der Waals surface area (Å²) in [5, 5.41) is 0. The van der Waals surface area contributed by atoms with Crippen molar-refractivity contribution in [1.29, 1.82) is 0 Å². The summed E-state index contributed by atoms with van der Waals surface area (Å²) in [6.45, 7) is 1.69. The highest BCUT2D eigenvalue weighted by molar-refractivity contribution is 5.76. The summed E-state index contributed by atoms with van der Waals surface area (Å²) >= 11 is 0. The molecule has 0 bridgehead atoms. The Morgan fingerprint density at radius 3 is 2.90 bits per heavy atom. The van der Waals surface area contributed by atoms with Gasteiger partial charge >= 0.3 is 0 Å². The molecule has 0 aromatic heterocycles. The first kappa shape index (κ1) is 14.9. The number of piperidine rings is 1. The third kappa shape index (κ3) is 3.52. The molecule has 1 heterocycles. The molecule has 2 rings (SSSR count). The molecule has 1 amide bonds. The summed E-state index contributed by atoms with van der Waals surface area (Å²) in [7, 11) is 0. The summed E-state index contributed by atoms with van der Waals surface area (Å²) < 4.78 is 26.8. The van der Waals surface area contributed by atoms with Gasteiger partial charge in [-0.25, -0.2) is 8.78 Å². The van der Waals surface area contributed by atoms with E-state index in [1.807, 2.05) is 4.90 Å². The van der Waals surface area contributed by atoms with E-state index >= 15 is 0 Å². The number of halogens is 2. The Morgan fingerprint density at radius 1 is 1.45 bits per heavy atom. The van der Waals surface area contributed by atoms with Gasteiger partial charge in [-0.2, -0.15) is 0 Å². The zero-order valence-electron chi connectivity index (χ0n) is 11.2. The maximum absolute atomic E-state index is 13.6. The van der Waals surface area contributed by atoms with Crippen molar-refractivity contribution in [3.8, 4) is 0 Å². The zero-order valence-corrected chi connectivity index (χ0v) is 11.2. The molecule has 0 radical (unpaired) electrons. The van der Waals surface area contributed by atoms with Crippen LogP contribution in [0.3, 0.4) is 0 Å². The van der Waals surface area contributed by atoms with E-state index in [0.717, 1.165) is 37.6 Å². The van der Waals surface area contributed by atoms with E-state index in [0.29, 0.717) is 13.1 Å². The second-order valence-electron chi connectivity index (χ2n) is 5.27. The molecule has 4 N–H and O–H groups in total.